The molecule has 0 aliphatic rings. The predicted octanol–water partition coefficient (Wildman–Crippen LogP) is 0.641. The first-order chi connectivity index (χ1) is 8.83. The van der Waals surface area contributed by atoms with E-state index in [1.54, 1.807) is 26.0 Å². The van der Waals surface area contributed by atoms with Crippen molar-refractivity contribution in [3.05, 3.63) is 23.8 Å². The maximum atomic E-state index is 11.3. The number of carboxylic acids is 1. The molecule has 1 aromatic carbocycles. The second-order valence-corrected chi connectivity index (χ2v) is 4.97. The molecule has 0 unspecified atom stereocenters. The number of carboxylic acid groups (broad SMARTS) is 1. The van der Waals surface area contributed by atoms with Crippen molar-refractivity contribution < 1.29 is 14.7 Å². The van der Waals surface area contributed by atoms with E-state index in [0.717, 1.165) is 0 Å². The van der Waals surface area contributed by atoms with Crippen LogP contribution in [0.2, 0.25) is 0 Å². The fourth-order valence-corrected chi connectivity index (χ4v) is 1.77. The van der Waals surface area contributed by atoms with Gasteiger partial charge in [0.15, 0.2) is 0 Å². The van der Waals surface area contributed by atoms with Crippen molar-refractivity contribution in [2.75, 3.05) is 0 Å². The van der Waals surface area contributed by atoms with Gasteiger partial charge in [-0.2, -0.15) is 0 Å². The molecule has 0 aliphatic carbocycles. The Kier molecular flexibility index (Phi) is 2.97. The van der Waals surface area contributed by atoms with Gasteiger partial charge in [0.2, 0.25) is 5.91 Å². The molecule has 7 heteroatoms. The maximum absolute atomic E-state index is 11.3. The number of rotatable bonds is 4. The Balaban J connectivity index is 2.56. The third kappa shape index (κ3) is 2.26. The van der Waals surface area contributed by atoms with E-state index in [2.05, 4.69) is 10.3 Å². The monoisotopic (exact) mass is 262 g/mol. The molecule has 1 heterocycles. The van der Waals surface area contributed by atoms with E-state index in [1.165, 1.54) is 10.7 Å². The van der Waals surface area contributed by atoms with Crippen molar-refractivity contribution >= 4 is 22.9 Å². The number of aromatic carboxylic acids is 1. The molecule has 2 rings (SSSR count). The van der Waals surface area contributed by atoms with E-state index in [0.29, 0.717) is 11.0 Å². The first-order valence-electron chi connectivity index (χ1n) is 5.68. The summed E-state index contributed by atoms with van der Waals surface area (Å²) in [6, 6.07) is 4.74. The number of primary amides is 1. The number of fused-ring (bicyclic) bond motifs is 1. The maximum Gasteiger partial charge on any atom is 0.337 e. The summed E-state index contributed by atoms with van der Waals surface area (Å²) in [7, 11) is 0. The van der Waals surface area contributed by atoms with Crippen molar-refractivity contribution in [2.24, 2.45) is 11.1 Å². The van der Waals surface area contributed by atoms with Gasteiger partial charge in [-0.25, -0.2) is 9.48 Å². The number of aromatic nitrogens is 3. The molecule has 0 fully saturated rings. The second kappa shape index (κ2) is 4.34. The van der Waals surface area contributed by atoms with Gasteiger partial charge in [0.05, 0.1) is 17.5 Å². The number of carbonyl (C=O) groups excluding carboxylic acids is 1. The summed E-state index contributed by atoms with van der Waals surface area (Å²) < 4.78 is 1.41. The van der Waals surface area contributed by atoms with Crippen LogP contribution < -0.4 is 5.73 Å². The quantitative estimate of drug-likeness (QED) is 0.839. The third-order valence-corrected chi connectivity index (χ3v) is 2.98. The lowest BCUT2D eigenvalue weighted by molar-refractivity contribution is -0.126. The number of hydrogen-bond acceptors (Lipinski definition) is 4. The Morgan fingerprint density at radius 3 is 2.68 bits per heavy atom. The van der Waals surface area contributed by atoms with Crippen LogP contribution in [0.4, 0.5) is 0 Å². The van der Waals surface area contributed by atoms with Crippen molar-refractivity contribution in [1.29, 1.82) is 0 Å². The highest BCUT2D eigenvalue weighted by Crippen LogP contribution is 2.22. The highest BCUT2D eigenvalue weighted by atomic mass is 16.4. The zero-order valence-corrected chi connectivity index (χ0v) is 10.6. The van der Waals surface area contributed by atoms with Gasteiger partial charge in [0.25, 0.3) is 0 Å². The molecular formula is C12H14N4O3. The normalized spacial score (nSPS) is 11.7. The summed E-state index contributed by atoms with van der Waals surface area (Å²) in [5, 5.41) is 17.0. The minimum absolute atomic E-state index is 0.0998. The molecule has 100 valence electrons. The summed E-state index contributed by atoms with van der Waals surface area (Å²) >= 11 is 0. The summed E-state index contributed by atoms with van der Waals surface area (Å²) in [5.41, 5.74) is 5.44. The van der Waals surface area contributed by atoms with Crippen molar-refractivity contribution in [1.82, 2.24) is 15.0 Å². The minimum Gasteiger partial charge on any atom is -0.478 e. The number of carbonyl (C=O) groups is 2. The number of para-hydroxylation sites is 1. The van der Waals surface area contributed by atoms with E-state index >= 15 is 0 Å². The summed E-state index contributed by atoms with van der Waals surface area (Å²) in [5.74, 6) is -1.55. The Morgan fingerprint density at radius 1 is 1.42 bits per heavy atom. The van der Waals surface area contributed by atoms with Crippen LogP contribution in [0.3, 0.4) is 0 Å². The van der Waals surface area contributed by atoms with Crippen LogP contribution in [-0.4, -0.2) is 32.0 Å². The molecule has 0 aliphatic heterocycles. The molecule has 7 nitrogen and oxygen atoms in total. The van der Waals surface area contributed by atoms with Crippen molar-refractivity contribution in [2.45, 2.75) is 20.4 Å². The lowest BCUT2D eigenvalue weighted by Gasteiger charge is -2.20. The molecule has 0 radical (unpaired) electrons. The molecule has 0 saturated carbocycles. The Morgan fingerprint density at radius 2 is 2.11 bits per heavy atom. The van der Waals surface area contributed by atoms with Gasteiger partial charge >= 0.3 is 5.97 Å². The van der Waals surface area contributed by atoms with Gasteiger partial charge in [-0.3, -0.25) is 4.79 Å². The summed E-state index contributed by atoms with van der Waals surface area (Å²) in [6.45, 7) is 3.52. The lowest BCUT2D eigenvalue weighted by atomic mass is 9.93. The highest BCUT2D eigenvalue weighted by Gasteiger charge is 2.27. The van der Waals surface area contributed by atoms with E-state index < -0.39 is 17.3 Å². The van der Waals surface area contributed by atoms with Crippen LogP contribution in [0, 0.1) is 5.41 Å². The number of amides is 1. The smallest absolute Gasteiger partial charge is 0.337 e. The lowest BCUT2D eigenvalue weighted by Crippen LogP contribution is -2.35. The molecule has 19 heavy (non-hydrogen) atoms. The molecule has 0 bridgehead atoms. The van der Waals surface area contributed by atoms with Crippen molar-refractivity contribution in [3.63, 3.8) is 0 Å². The molecule has 0 spiro atoms. The zero-order chi connectivity index (χ0) is 14.2. The van der Waals surface area contributed by atoms with Crippen LogP contribution in [0.25, 0.3) is 11.0 Å². The number of nitrogens with two attached hydrogens (primary N) is 1. The van der Waals surface area contributed by atoms with Crippen LogP contribution in [0.5, 0.6) is 0 Å². The Bertz CT molecular complexity index is 660. The van der Waals surface area contributed by atoms with E-state index in [-0.39, 0.29) is 12.1 Å². The van der Waals surface area contributed by atoms with Crippen molar-refractivity contribution in [3.8, 4) is 0 Å². The molecule has 2 aromatic rings. The zero-order valence-electron chi connectivity index (χ0n) is 10.6. The number of hydrogen-bond donors (Lipinski definition) is 2. The van der Waals surface area contributed by atoms with Crippen LogP contribution in [-0.2, 0) is 11.3 Å². The molecule has 1 amide bonds. The van der Waals surface area contributed by atoms with Gasteiger partial charge in [0.1, 0.15) is 11.0 Å². The fraction of sp³-hybridized carbons (Fsp3) is 0.333. The molecule has 0 saturated heterocycles. The molecular weight excluding hydrogens is 248 g/mol. The predicted molar refractivity (Wildman–Crippen MR) is 67.5 cm³/mol. The SMILES string of the molecule is CC(C)(Cn1nnc2cccc(C(=O)O)c21)C(N)=O. The minimum atomic E-state index is -1.06. The first kappa shape index (κ1) is 13.0. The molecule has 3 N–H and O–H groups in total. The standard InChI is InChI=1S/C12H14N4O3/c1-12(2,11(13)19)6-16-9-7(10(17)18)4-3-5-8(9)14-15-16/h3-5H,6H2,1-2H3,(H2,13,19)(H,17,18). The van der Waals surface area contributed by atoms with E-state index in [9.17, 15) is 14.7 Å². The van der Waals surface area contributed by atoms with Gasteiger partial charge in [-0.05, 0) is 26.0 Å². The van der Waals surface area contributed by atoms with Crippen LogP contribution in [0.15, 0.2) is 18.2 Å². The van der Waals surface area contributed by atoms with Gasteiger partial charge in [0, 0.05) is 0 Å². The van der Waals surface area contributed by atoms with Crippen LogP contribution >= 0.6 is 0 Å². The topological polar surface area (TPSA) is 111 Å². The van der Waals surface area contributed by atoms with Gasteiger partial charge < -0.3 is 10.8 Å². The molecule has 0 atom stereocenters. The van der Waals surface area contributed by atoms with Crippen LogP contribution in [0.1, 0.15) is 24.2 Å². The first-order valence-corrected chi connectivity index (χ1v) is 5.68. The van der Waals surface area contributed by atoms with Gasteiger partial charge in [-0.15, -0.1) is 5.10 Å². The highest BCUT2D eigenvalue weighted by molar-refractivity contribution is 6.00. The molecule has 1 aromatic heterocycles. The Hall–Kier alpha value is -2.44. The summed E-state index contributed by atoms with van der Waals surface area (Å²) in [6.07, 6.45) is 0. The summed E-state index contributed by atoms with van der Waals surface area (Å²) in [4.78, 5) is 22.6. The van der Waals surface area contributed by atoms with Gasteiger partial charge in [-0.1, -0.05) is 11.3 Å². The average molecular weight is 262 g/mol. The largest absolute Gasteiger partial charge is 0.478 e. The average Bonchev–Trinajstić information content (AvgIpc) is 2.71. The second-order valence-electron chi connectivity index (χ2n) is 4.97. The Labute approximate surface area is 109 Å². The number of nitrogens with zero attached hydrogens (tertiary/aromatic N) is 3. The van der Waals surface area contributed by atoms with E-state index in [4.69, 9.17) is 5.73 Å². The fourth-order valence-electron chi connectivity index (χ4n) is 1.77. The van der Waals surface area contributed by atoms with E-state index in [1.807, 2.05) is 0 Å². The number of benzene rings is 1. The third-order valence-electron chi connectivity index (χ3n) is 2.98.